The van der Waals surface area contributed by atoms with E-state index in [1.165, 1.54) is 6.07 Å². The Hall–Kier alpha value is -2.71. The number of nitrogens with one attached hydrogen (secondary N) is 2. The van der Waals surface area contributed by atoms with Crippen LogP contribution in [0.25, 0.3) is 0 Å². The highest BCUT2D eigenvalue weighted by Crippen LogP contribution is 2.29. The van der Waals surface area contributed by atoms with Crippen LogP contribution in [0.2, 0.25) is 0 Å². The number of nitro groups is 2. The molecule has 1 aromatic rings. The molecule has 1 amide bonds. The standard InChI is InChI=1S/C12H14N4O5/c1-7(12(17)14-8-2-3-8)13-10-5-4-9(15(18)19)6-11(10)16(20)21/h4-8,13H,2-3H2,1H3,(H,14,17). The molecule has 21 heavy (non-hydrogen) atoms. The Morgan fingerprint density at radius 1 is 1.29 bits per heavy atom. The van der Waals surface area contributed by atoms with Crippen LogP contribution in [0.15, 0.2) is 18.2 Å². The highest BCUT2D eigenvalue weighted by molar-refractivity contribution is 5.85. The molecule has 0 spiro atoms. The molecule has 1 aliphatic carbocycles. The fourth-order valence-corrected chi connectivity index (χ4v) is 1.76. The number of amides is 1. The van der Waals surface area contributed by atoms with Gasteiger partial charge in [-0.15, -0.1) is 0 Å². The van der Waals surface area contributed by atoms with Gasteiger partial charge < -0.3 is 10.6 Å². The van der Waals surface area contributed by atoms with Crippen molar-refractivity contribution in [2.24, 2.45) is 0 Å². The third kappa shape index (κ3) is 3.65. The maximum absolute atomic E-state index is 11.8. The van der Waals surface area contributed by atoms with Crippen LogP contribution in [-0.2, 0) is 4.79 Å². The molecule has 1 aromatic carbocycles. The van der Waals surface area contributed by atoms with Gasteiger partial charge in [-0.3, -0.25) is 25.0 Å². The molecule has 1 atom stereocenters. The third-order valence-electron chi connectivity index (χ3n) is 3.08. The number of anilines is 1. The van der Waals surface area contributed by atoms with Crippen LogP contribution in [0.1, 0.15) is 19.8 Å². The molecule has 9 heteroatoms. The number of carbonyl (C=O) groups is 1. The van der Waals surface area contributed by atoms with Crippen molar-refractivity contribution < 1.29 is 14.6 Å². The first kappa shape index (κ1) is 14.7. The van der Waals surface area contributed by atoms with Gasteiger partial charge in [-0.2, -0.15) is 0 Å². The van der Waals surface area contributed by atoms with E-state index in [0.717, 1.165) is 25.0 Å². The number of nitrogens with zero attached hydrogens (tertiary/aromatic N) is 2. The molecule has 0 aliphatic heterocycles. The number of benzene rings is 1. The van der Waals surface area contributed by atoms with E-state index in [1.54, 1.807) is 6.92 Å². The van der Waals surface area contributed by atoms with Gasteiger partial charge in [-0.05, 0) is 25.8 Å². The van der Waals surface area contributed by atoms with Crippen molar-refractivity contribution in [2.75, 3.05) is 5.32 Å². The maximum atomic E-state index is 11.8. The summed E-state index contributed by atoms with van der Waals surface area (Å²) in [4.78, 5) is 32.0. The van der Waals surface area contributed by atoms with Gasteiger partial charge in [-0.1, -0.05) is 0 Å². The number of hydrogen-bond acceptors (Lipinski definition) is 6. The fraction of sp³-hybridized carbons (Fsp3) is 0.417. The molecule has 2 rings (SSSR count). The first-order valence-electron chi connectivity index (χ1n) is 6.38. The Balaban J connectivity index is 2.15. The molecule has 1 saturated carbocycles. The van der Waals surface area contributed by atoms with Crippen LogP contribution in [0.5, 0.6) is 0 Å². The molecule has 2 N–H and O–H groups in total. The second-order valence-corrected chi connectivity index (χ2v) is 4.86. The van der Waals surface area contributed by atoms with E-state index in [0.29, 0.717) is 0 Å². The van der Waals surface area contributed by atoms with E-state index in [2.05, 4.69) is 10.6 Å². The van der Waals surface area contributed by atoms with E-state index >= 15 is 0 Å². The predicted octanol–water partition coefficient (Wildman–Crippen LogP) is 1.58. The average molecular weight is 294 g/mol. The topological polar surface area (TPSA) is 127 Å². The van der Waals surface area contributed by atoms with E-state index in [-0.39, 0.29) is 23.3 Å². The highest BCUT2D eigenvalue weighted by Gasteiger charge is 2.27. The lowest BCUT2D eigenvalue weighted by molar-refractivity contribution is -0.393. The van der Waals surface area contributed by atoms with Gasteiger partial charge in [-0.25, -0.2) is 0 Å². The van der Waals surface area contributed by atoms with Crippen molar-refractivity contribution in [2.45, 2.75) is 31.8 Å². The molecule has 112 valence electrons. The van der Waals surface area contributed by atoms with Crippen molar-refractivity contribution in [3.63, 3.8) is 0 Å². The summed E-state index contributed by atoms with van der Waals surface area (Å²) in [5.74, 6) is -0.259. The maximum Gasteiger partial charge on any atom is 0.299 e. The lowest BCUT2D eigenvalue weighted by Gasteiger charge is -2.14. The molecule has 1 unspecified atom stereocenters. The Morgan fingerprint density at radius 2 is 1.95 bits per heavy atom. The summed E-state index contributed by atoms with van der Waals surface area (Å²) in [5, 5.41) is 27.1. The molecular formula is C12H14N4O5. The second kappa shape index (κ2) is 5.73. The third-order valence-corrected chi connectivity index (χ3v) is 3.08. The Kier molecular flexibility index (Phi) is 4.01. The summed E-state index contributed by atoms with van der Waals surface area (Å²) in [6.07, 6.45) is 1.88. The summed E-state index contributed by atoms with van der Waals surface area (Å²) in [5.41, 5.74) is -0.735. The monoisotopic (exact) mass is 294 g/mol. The van der Waals surface area contributed by atoms with Gasteiger partial charge in [0, 0.05) is 12.1 Å². The number of carbonyl (C=O) groups excluding carboxylic acids is 1. The van der Waals surface area contributed by atoms with Crippen LogP contribution in [-0.4, -0.2) is 27.8 Å². The first-order valence-corrected chi connectivity index (χ1v) is 6.38. The van der Waals surface area contributed by atoms with E-state index in [1.807, 2.05) is 0 Å². The van der Waals surface area contributed by atoms with Crippen molar-refractivity contribution >= 4 is 23.0 Å². The van der Waals surface area contributed by atoms with Gasteiger partial charge in [0.05, 0.1) is 15.9 Å². The SMILES string of the molecule is CC(Nc1ccc([N+](=O)[O-])cc1[N+](=O)[O-])C(=O)NC1CC1. The van der Waals surface area contributed by atoms with Gasteiger partial charge >= 0.3 is 0 Å². The van der Waals surface area contributed by atoms with Crippen LogP contribution < -0.4 is 10.6 Å². The minimum atomic E-state index is -0.721. The smallest absolute Gasteiger partial charge is 0.299 e. The van der Waals surface area contributed by atoms with Gasteiger partial charge in [0.2, 0.25) is 5.91 Å². The van der Waals surface area contributed by atoms with Crippen LogP contribution in [0.4, 0.5) is 17.1 Å². The van der Waals surface area contributed by atoms with Gasteiger partial charge in [0.1, 0.15) is 11.7 Å². The van der Waals surface area contributed by atoms with Crippen molar-refractivity contribution in [1.29, 1.82) is 0 Å². The second-order valence-electron chi connectivity index (χ2n) is 4.86. The molecule has 0 bridgehead atoms. The zero-order valence-corrected chi connectivity index (χ0v) is 11.2. The summed E-state index contributed by atoms with van der Waals surface area (Å²) in [7, 11) is 0. The highest BCUT2D eigenvalue weighted by atomic mass is 16.6. The number of hydrogen-bond donors (Lipinski definition) is 2. The molecule has 9 nitrogen and oxygen atoms in total. The van der Waals surface area contributed by atoms with Gasteiger partial charge in [0.25, 0.3) is 11.4 Å². The molecular weight excluding hydrogens is 280 g/mol. The van der Waals surface area contributed by atoms with Crippen molar-refractivity contribution in [3.8, 4) is 0 Å². The zero-order valence-electron chi connectivity index (χ0n) is 11.2. The predicted molar refractivity (Wildman–Crippen MR) is 74.0 cm³/mol. The van der Waals surface area contributed by atoms with Crippen LogP contribution >= 0.6 is 0 Å². The van der Waals surface area contributed by atoms with Crippen molar-refractivity contribution in [3.05, 3.63) is 38.4 Å². The normalized spacial score (nSPS) is 15.1. The molecule has 1 aliphatic rings. The Bertz CT molecular complexity index is 599. The quantitative estimate of drug-likeness (QED) is 0.605. The average Bonchev–Trinajstić information content (AvgIpc) is 3.22. The minimum Gasteiger partial charge on any atom is -0.368 e. The summed E-state index contributed by atoms with van der Waals surface area (Å²) >= 11 is 0. The van der Waals surface area contributed by atoms with Crippen LogP contribution in [0.3, 0.4) is 0 Å². The summed E-state index contributed by atoms with van der Waals surface area (Å²) < 4.78 is 0. The molecule has 0 aromatic heterocycles. The first-order chi connectivity index (χ1) is 9.88. The molecule has 0 heterocycles. The van der Waals surface area contributed by atoms with E-state index in [4.69, 9.17) is 0 Å². The number of nitro benzene ring substituents is 2. The fourth-order valence-electron chi connectivity index (χ4n) is 1.76. The van der Waals surface area contributed by atoms with Gasteiger partial charge in [0.15, 0.2) is 0 Å². The lowest BCUT2D eigenvalue weighted by atomic mass is 10.2. The molecule has 1 fully saturated rings. The van der Waals surface area contributed by atoms with Crippen LogP contribution in [0, 0.1) is 20.2 Å². The van der Waals surface area contributed by atoms with E-state index in [9.17, 15) is 25.0 Å². The number of rotatable bonds is 6. The lowest BCUT2D eigenvalue weighted by Crippen LogP contribution is -2.38. The summed E-state index contributed by atoms with van der Waals surface area (Å²) in [6, 6.07) is 2.77. The molecule has 0 saturated heterocycles. The largest absolute Gasteiger partial charge is 0.368 e. The number of non-ortho nitro benzene ring substituents is 1. The van der Waals surface area contributed by atoms with E-state index < -0.39 is 21.6 Å². The Labute approximate surface area is 119 Å². The molecule has 0 radical (unpaired) electrons. The zero-order chi connectivity index (χ0) is 15.6. The van der Waals surface area contributed by atoms with Crippen molar-refractivity contribution in [1.82, 2.24) is 5.32 Å². The Morgan fingerprint density at radius 3 is 2.48 bits per heavy atom. The summed E-state index contributed by atoms with van der Waals surface area (Å²) in [6.45, 7) is 1.57. The minimum absolute atomic E-state index is 0.0732.